The van der Waals surface area contributed by atoms with Crippen LogP contribution in [0.5, 0.6) is 5.75 Å². The van der Waals surface area contributed by atoms with Gasteiger partial charge in [0.1, 0.15) is 5.75 Å². The van der Waals surface area contributed by atoms with Gasteiger partial charge in [0.2, 0.25) is 5.91 Å². The van der Waals surface area contributed by atoms with E-state index in [4.69, 9.17) is 16.3 Å². The minimum Gasteiger partial charge on any atom is -0.497 e. The van der Waals surface area contributed by atoms with Crippen LogP contribution < -0.4 is 15.0 Å². The van der Waals surface area contributed by atoms with Crippen LogP contribution in [0.3, 0.4) is 0 Å². The number of hydrogen-bond donors (Lipinski definition) is 1. The average Bonchev–Trinajstić information content (AvgIpc) is 2.87. The Balaban J connectivity index is 1.69. The third-order valence-corrected chi connectivity index (χ3v) is 4.15. The third-order valence-electron chi connectivity index (χ3n) is 3.92. The first-order valence-electron chi connectivity index (χ1n) is 7.57. The molecule has 2 aromatic rings. The zero-order chi connectivity index (χ0) is 17.1. The Labute approximate surface area is 145 Å². The van der Waals surface area contributed by atoms with Gasteiger partial charge in [-0.2, -0.15) is 0 Å². The number of amides is 2. The number of rotatable bonds is 5. The monoisotopic (exact) mass is 344 g/mol. The molecule has 2 amide bonds. The number of carbonyl (C=O) groups excluding carboxylic acids is 2. The highest BCUT2D eigenvalue weighted by Gasteiger charge is 2.39. The Morgan fingerprint density at radius 3 is 2.62 bits per heavy atom. The van der Waals surface area contributed by atoms with Gasteiger partial charge >= 0.3 is 0 Å². The molecule has 0 saturated carbocycles. The summed E-state index contributed by atoms with van der Waals surface area (Å²) in [6.45, 7) is 0.473. The van der Waals surface area contributed by atoms with Crippen molar-refractivity contribution in [2.45, 2.75) is 19.0 Å². The van der Waals surface area contributed by atoms with Gasteiger partial charge in [-0.05, 0) is 42.0 Å². The predicted molar refractivity (Wildman–Crippen MR) is 92.2 cm³/mol. The number of methoxy groups -OCH3 is 1. The maximum Gasteiger partial charge on any atom is 0.251 e. The van der Waals surface area contributed by atoms with Gasteiger partial charge in [0.15, 0.2) is 0 Å². The van der Waals surface area contributed by atoms with Gasteiger partial charge in [0.05, 0.1) is 25.3 Å². The fourth-order valence-corrected chi connectivity index (χ4v) is 2.89. The number of anilines is 1. The summed E-state index contributed by atoms with van der Waals surface area (Å²) in [5.74, 6) is 0.217. The minimum atomic E-state index is -0.529. The molecule has 24 heavy (non-hydrogen) atoms. The maximum atomic E-state index is 12.5. The van der Waals surface area contributed by atoms with Crippen LogP contribution in [0.2, 0.25) is 5.02 Å². The predicted octanol–water partition coefficient (Wildman–Crippen LogP) is 2.77. The summed E-state index contributed by atoms with van der Waals surface area (Å²) in [6, 6.07) is 13.7. The van der Waals surface area contributed by atoms with E-state index in [9.17, 15) is 9.59 Å². The van der Waals surface area contributed by atoms with Crippen molar-refractivity contribution >= 4 is 29.1 Å². The van der Waals surface area contributed by atoms with Crippen LogP contribution in [-0.4, -0.2) is 25.0 Å². The zero-order valence-electron chi connectivity index (χ0n) is 13.2. The van der Waals surface area contributed by atoms with Crippen LogP contribution in [0.1, 0.15) is 12.0 Å². The molecule has 6 heteroatoms. The number of ether oxygens (including phenoxy) is 1. The van der Waals surface area contributed by atoms with Gasteiger partial charge in [-0.3, -0.25) is 9.59 Å². The van der Waals surface area contributed by atoms with Crippen molar-refractivity contribution in [1.29, 1.82) is 0 Å². The lowest BCUT2D eigenvalue weighted by molar-refractivity contribution is -0.121. The van der Waals surface area contributed by atoms with Crippen molar-refractivity contribution in [1.82, 2.24) is 5.32 Å². The first-order valence-corrected chi connectivity index (χ1v) is 7.95. The molecule has 1 aliphatic rings. The summed E-state index contributed by atoms with van der Waals surface area (Å²) in [6.07, 6.45) is 0.144. The zero-order valence-corrected chi connectivity index (χ0v) is 13.9. The van der Waals surface area contributed by atoms with Crippen LogP contribution in [0.15, 0.2) is 48.5 Å². The largest absolute Gasteiger partial charge is 0.497 e. The molecule has 3 rings (SSSR count). The molecule has 1 fully saturated rings. The molecule has 0 aliphatic carbocycles. The molecule has 124 valence electrons. The van der Waals surface area contributed by atoms with Crippen molar-refractivity contribution in [2.75, 3.05) is 12.0 Å². The van der Waals surface area contributed by atoms with E-state index in [1.54, 1.807) is 37.4 Å². The molecule has 0 aromatic heterocycles. The molecule has 2 aromatic carbocycles. The molecule has 1 heterocycles. The maximum absolute atomic E-state index is 12.5. The number of carbonyl (C=O) groups is 2. The summed E-state index contributed by atoms with van der Waals surface area (Å²) < 4.78 is 5.09. The second-order valence-corrected chi connectivity index (χ2v) is 5.97. The van der Waals surface area contributed by atoms with Gasteiger partial charge in [-0.15, -0.1) is 0 Å². The quantitative estimate of drug-likeness (QED) is 0.847. The topological polar surface area (TPSA) is 58.6 Å². The lowest BCUT2D eigenvalue weighted by Crippen LogP contribution is -2.38. The van der Waals surface area contributed by atoms with E-state index in [-0.39, 0.29) is 18.2 Å². The Kier molecular flexibility index (Phi) is 4.83. The highest BCUT2D eigenvalue weighted by molar-refractivity contribution is 6.30. The Morgan fingerprint density at radius 2 is 1.96 bits per heavy atom. The second kappa shape index (κ2) is 7.03. The number of nitrogens with one attached hydrogen (secondary N) is 1. The van der Waals surface area contributed by atoms with E-state index in [0.29, 0.717) is 23.0 Å². The molecule has 1 N–H and O–H groups in total. The third kappa shape index (κ3) is 3.42. The van der Waals surface area contributed by atoms with Gasteiger partial charge in [-0.1, -0.05) is 23.7 Å². The highest BCUT2D eigenvalue weighted by Crippen LogP contribution is 2.25. The summed E-state index contributed by atoms with van der Waals surface area (Å²) in [5, 5.41) is 3.77. The summed E-state index contributed by atoms with van der Waals surface area (Å²) in [4.78, 5) is 26.0. The van der Waals surface area contributed by atoms with Crippen molar-refractivity contribution in [3.8, 4) is 5.75 Å². The molecule has 0 bridgehead atoms. The number of imide groups is 1. The van der Waals surface area contributed by atoms with E-state index in [1.807, 2.05) is 18.2 Å². The number of benzene rings is 2. The van der Waals surface area contributed by atoms with Crippen LogP contribution >= 0.6 is 11.6 Å². The highest BCUT2D eigenvalue weighted by atomic mass is 35.5. The number of nitrogens with zero attached hydrogens (tertiary/aromatic N) is 1. The van der Waals surface area contributed by atoms with E-state index >= 15 is 0 Å². The molecule has 1 saturated heterocycles. The minimum absolute atomic E-state index is 0.144. The molecule has 0 radical (unpaired) electrons. The first kappa shape index (κ1) is 16.5. The van der Waals surface area contributed by atoms with E-state index in [2.05, 4.69) is 5.32 Å². The Hall–Kier alpha value is -2.37. The van der Waals surface area contributed by atoms with Gasteiger partial charge in [0.25, 0.3) is 5.91 Å². The van der Waals surface area contributed by atoms with Crippen LogP contribution in [0.25, 0.3) is 0 Å². The fraction of sp³-hybridized carbons (Fsp3) is 0.222. The number of hydrogen-bond acceptors (Lipinski definition) is 4. The van der Waals surface area contributed by atoms with Crippen LogP contribution in [0, 0.1) is 0 Å². The first-order chi connectivity index (χ1) is 11.6. The smallest absolute Gasteiger partial charge is 0.251 e. The molecule has 1 atom stereocenters. The molecule has 0 spiro atoms. The molecular formula is C18H17ClN2O3. The summed E-state index contributed by atoms with van der Waals surface area (Å²) in [5.41, 5.74) is 1.52. The van der Waals surface area contributed by atoms with E-state index in [0.717, 1.165) is 5.56 Å². The number of halogens is 1. The lowest BCUT2D eigenvalue weighted by atomic mass is 10.2. The van der Waals surface area contributed by atoms with Gasteiger partial charge in [0, 0.05) is 11.6 Å². The standard InChI is InChI=1S/C18H17ClN2O3/c1-24-15-7-5-14(6-8-15)21-17(22)10-16(18(21)23)20-11-12-3-2-4-13(19)9-12/h2-9,16,20H,10-11H2,1H3/t16-/m1/s1. The lowest BCUT2D eigenvalue weighted by Gasteiger charge is -2.16. The second-order valence-electron chi connectivity index (χ2n) is 5.53. The SMILES string of the molecule is COc1ccc(N2C(=O)C[C@@H](NCc3cccc(Cl)c3)C2=O)cc1. The molecular weight excluding hydrogens is 328 g/mol. The molecule has 5 nitrogen and oxygen atoms in total. The average molecular weight is 345 g/mol. The van der Waals surface area contributed by atoms with E-state index < -0.39 is 6.04 Å². The molecule has 1 aliphatic heterocycles. The Bertz CT molecular complexity index is 761. The fourth-order valence-electron chi connectivity index (χ4n) is 2.68. The van der Waals surface area contributed by atoms with Gasteiger partial charge in [-0.25, -0.2) is 4.90 Å². The van der Waals surface area contributed by atoms with Crippen LogP contribution in [0.4, 0.5) is 5.69 Å². The van der Waals surface area contributed by atoms with Crippen molar-refractivity contribution in [2.24, 2.45) is 0 Å². The summed E-state index contributed by atoms with van der Waals surface area (Å²) >= 11 is 5.95. The van der Waals surface area contributed by atoms with E-state index in [1.165, 1.54) is 4.90 Å². The van der Waals surface area contributed by atoms with Crippen LogP contribution in [-0.2, 0) is 16.1 Å². The van der Waals surface area contributed by atoms with Crippen molar-refractivity contribution < 1.29 is 14.3 Å². The molecule has 0 unspecified atom stereocenters. The summed E-state index contributed by atoms with van der Waals surface area (Å²) in [7, 11) is 1.57. The van der Waals surface area contributed by atoms with Gasteiger partial charge < -0.3 is 10.1 Å². The normalized spacial score (nSPS) is 17.4. The van der Waals surface area contributed by atoms with Crippen molar-refractivity contribution in [3.63, 3.8) is 0 Å². The van der Waals surface area contributed by atoms with Crippen molar-refractivity contribution in [3.05, 3.63) is 59.1 Å². The Morgan fingerprint density at radius 1 is 1.21 bits per heavy atom.